The van der Waals surface area contributed by atoms with Gasteiger partial charge in [-0.05, 0) is 35.7 Å². The molecule has 1 aliphatic heterocycles. The van der Waals surface area contributed by atoms with Crippen LogP contribution in [0.5, 0.6) is 0 Å². The minimum atomic E-state index is -0.396. The van der Waals surface area contributed by atoms with Crippen LogP contribution in [0.15, 0.2) is 78.9 Å². The lowest BCUT2D eigenvalue weighted by atomic mass is 9.99. The van der Waals surface area contributed by atoms with Crippen LogP contribution in [0.4, 0.5) is 11.4 Å². The molecule has 4 aromatic rings. The van der Waals surface area contributed by atoms with Crippen molar-refractivity contribution in [1.82, 2.24) is 9.88 Å². The number of nitro groups is 1. The van der Waals surface area contributed by atoms with E-state index in [9.17, 15) is 14.9 Å². The molecule has 1 aromatic heterocycles. The first-order valence-electron chi connectivity index (χ1n) is 12.2. The predicted molar refractivity (Wildman–Crippen MR) is 142 cm³/mol. The minimum absolute atomic E-state index is 0.00278. The van der Waals surface area contributed by atoms with E-state index >= 15 is 0 Å². The minimum Gasteiger partial charge on any atom is -0.368 e. The fraction of sp³-hybridized carbons (Fsp3) is 0.241. The van der Waals surface area contributed by atoms with E-state index in [0.29, 0.717) is 37.7 Å². The molecule has 1 amide bonds. The smallest absolute Gasteiger partial charge is 0.269 e. The van der Waals surface area contributed by atoms with Crippen LogP contribution >= 0.6 is 0 Å². The summed E-state index contributed by atoms with van der Waals surface area (Å²) in [6.07, 6.45) is 0. The van der Waals surface area contributed by atoms with E-state index in [-0.39, 0.29) is 11.6 Å². The van der Waals surface area contributed by atoms with E-state index in [1.165, 1.54) is 17.7 Å². The number of piperazine rings is 1. The van der Waals surface area contributed by atoms with Crippen molar-refractivity contribution in [2.75, 3.05) is 31.1 Å². The number of hydrogen-bond acceptors (Lipinski definition) is 5. The van der Waals surface area contributed by atoms with Gasteiger partial charge in [0, 0.05) is 54.9 Å². The number of nitrogens with zero attached hydrogens (tertiary/aromatic N) is 4. The molecule has 0 unspecified atom stereocenters. The average Bonchev–Trinajstić information content (AvgIpc) is 2.92. The van der Waals surface area contributed by atoms with Gasteiger partial charge in [0.25, 0.3) is 11.6 Å². The number of nitro benzene ring substituents is 1. The number of carbonyl (C=O) groups is 1. The molecule has 0 N–H and O–H groups in total. The standard InChI is InChI=1S/C29H28N4O3/c1-20(2)21-7-9-22(10-8-21)28-19-26(25-5-3-4-6-27(25)30-28)29(34)32-17-15-31(16-18-32)23-11-13-24(14-12-23)33(35)36/h3-14,19-20H,15-18H2,1-2H3. The Balaban J connectivity index is 1.39. The highest BCUT2D eigenvalue weighted by Crippen LogP contribution is 2.28. The monoisotopic (exact) mass is 480 g/mol. The van der Waals surface area contributed by atoms with Gasteiger partial charge in [-0.2, -0.15) is 0 Å². The van der Waals surface area contributed by atoms with Gasteiger partial charge >= 0.3 is 0 Å². The highest BCUT2D eigenvalue weighted by molar-refractivity contribution is 6.07. The lowest BCUT2D eigenvalue weighted by Crippen LogP contribution is -2.48. The van der Waals surface area contributed by atoms with Crippen LogP contribution in [0, 0.1) is 10.1 Å². The normalized spacial score (nSPS) is 13.9. The summed E-state index contributed by atoms with van der Waals surface area (Å²) in [7, 11) is 0. The summed E-state index contributed by atoms with van der Waals surface area (Å²) in [5, 5.41) is 11.8. The van der Waals surface area contributed by atoms with Crippen LogP contribution in [-0.4, -0.2) is 46.9 Å². The van der Waals surface area contributed by atoms with E-state index in [0.717, 1.165) is 27.8 Å². The zero-order chi connectivity index (χ0) is 25.2. The largest absolute Gasteiger partial charge is 0.368 e. The molecule has 0 aliphatic carbocycles. The second kappa shape index (κ2) is 9.77. The lowest BCUT2D eigenvalue weighted by molar-refractivity contribution is -0.384. The zero-order valence-corrected chi connectivity index (χ0v) is 20.4. The highest BCUT2D eigenvalue weighted by Gasteiger charge is 2.25. The molecule has 36 heavy (non-hydrogen) atoms. The van der Waals surface area contributed by atoms with Crippen LogP contribution in [-0.2, 0) is 0 Å². The van der Waals surface area contributed by atoms with Crippen LogP contribution in [0.3, 0.4) is 0 Å². The molecule has 7 nitrogen and oxygen atoms in total. The van der Waals surface area contributed by atoms with Crippen molar-refractivity contribution in [1.29, 1.82) is 0 Å². The van der Waals surface area contributed by atoms with Gasteiger partial charge < -0.3 is 9.80 Å². The number of benzene rings is 3. The number of rotatable bonds is 5. The van der Waals surface area contributed by atoms with Gasteiger partial charge in [-0.25, -0.2) is 4.98 Å². The van der Waals surface area contributed by atoms with Gasteiger partial charge in [-0.1, -0.05) is 56.3 Å². The van der Waals surface area contributed by atoms with Gasteiger partial charge in [-0.3, -0.25) is 14.9 Å². The number of carbonyl (C=O) groups excluding carboxylic acids is 1. The molecular formula is C29H28N4O3. The first-order chi connectivity index (χ1) is 17.4. The zero-order valence-electron chi connectivity index (χ0n) is 20.4. The Kier molecular flexibility index (Phi) is 6.38. The summed E-state index contributed by atoms with van der Waals surface area (Å²) in [5.41, 5.74) is 5.50. The van der Waals surface area contributed by atoms with Crippen molar-refractivity contribution in [3.8, 4) is 11.3 Å². The summed E-state index contributed by atoms with van der Waals surface area (Å²) < 4.78 is 0. The van der Waals surface area contributed by atoms with Crippen molar-refractivity contribution >= 4 is 28.2 Å². The fourth-order valence-electron chi connectivity index (χ4n) is 4.66. The van der Waals surface area contributed by atoms with Crippen molar-refractivity contribution < 1.29 is 9.72 Å². The SMILES string of the molecule is CC(C)c1ccc(-c2cc(C(=O)N3CCN(c4ccc([N+](=O)[O-])cc4)CC3)c3ccccc3n2)cc1. The van der Waals surface area contributed by atoms with Gasteiger partial charge in [0.2, 0.25) is 0 Å². The molecule has 0 bridgehead atoms. The van der Waals surface area contributed by atoms with Crippen LogP contribution in [0.2, 0.25) is 0 Å². The van der Waals surface area contributed by atoms with E-state index < -0.39 is 4.92 Å². The van der Waals surface area contributed by atoms with E-state index in [1.807, 2.05) is 35.2 Å². The maximum absolute atomic E-state index is 13.7. The number of hydrogen-bond donors (Lipinski definition) is 0. The van der Waals surface area contributed by atoms with Crippen molar-refractivity contribution in [3.63, 3.8) is 0 Å². The van der Waals surface area contributed by atoms with E-state index in [2.05, 4.69) is 43.0 Å². The summed E-state index contributed by atoms with van der Waals surface area (Å²) in [6, 6.07) is 24.7. The molecule has 5 rings (SSSR count). The average molecular weight is 481 g/mol. The maximum atomic E-state index is 13.7. The van der Waals surface area contributed by atoms with Crippen molar-refractivity contribution in [2.24, 2.45) is 0 Å². The number of para-hydroxylation sites is 1. The maximum Gasteiger partial charge on any atom is 0.269 e. The van der Waals surface area contributed by atoms with Crippen LogP contribution in [0.25, 0.3) is 22.2 Å². The molecule has 2 heterocycles. The number of pyridine rings is 1. The summed E-state index contributed by atoms with van der Waals surface area (Å²) in [5.74, 6) is 0.447. The van der Waals surface area contributed by atoms with E-state index in [4.69, 9.17) is 4.98 Å². The first-order valence-corrected chi connectivity index (χ1v) is 12.2. The molecule has 1 saturated heterocycles. The predicted octanol–water partition coefficient (Wildman–Crippen LogP) is 5.90. The molecule has 7 heteroatoms. The summed E-state index contributed by atoms with van der Waals surface area (Å²) in [4.78, 5) is 33.1. The van der Waals surface area contributed by atoms with Gasteiger partial charge in [0.05, 0.1) is 21.7 Å². The number of non-ortho nitro benzene ring substituents is 1. The molecule has 1 aliphatic rings. The lowest BCUT2D eigenvalue weighted by Gasteiger charge is -2.36. The molecule has 182 valence electrons. The van der Waals surface area contributed by atoms with Crippen LogP contribution in [0.1, 0.15) is 35.7 Å². The number of aromatic nitrogens is 1. The Morgan fingerprint density at radius 3 is 2.22 bits per heavy atom. The van der Waals surface area contributed by atoms with Crippen LogP contribution < -0.4 is 4.90 Å². The molecule has 0 spiro atoms. The van der Waals surface area contributed by atoms with Gasteiger partial charge in [0.15, 0.2) is 0 Å². The summed E-state index contributed by atoms with van der Waals surface area (Å²) in [6.45, 7) is 6.81. The fourth-order valence-corrected chi connectivity index (χ4v) is 4.66. The molecular weight excluding hydrogens is 452 g/mol. The number of fused-ring (bicyclic) bond motifs is 1. The number of amides is 1. The quantitative estimate of drug-likeness (QED) is 0.263. The Morgan fingerprint density at radius 1 is 0.917 bits per heavy atom. The molecule has 3 aromatic carbocycles. The second-order valence-electron chi connectivity index (χ2n) is 9.40. The summed E-state index contributed by atoms with van der Waals surface area (Å²) >= 11 is 0. The third kappa shape index (κ3) is 4.64. The Morgan fingerprint density at radius 2 is 1.58 bits per heavy atom. The van der Waals surface area contributed by atoms with E-state index in [1.54, 1.807) is 12.1 Å². The van der Waals surface area contributed by atoms with Gasteiger partial charge in [-0.15, -0.1) is 0 Å². The van der Waals surface area contributed by atoms with Crippen molar-refractivity contribution in [2.45, 2.75) is 19.8 Å². The Labute approximate surface area is 210 Å². The third-order valence-corrected chi connectivity index (χ3v) is 6.81. The molecule has 1 fully saturated rings. The second-order valence-corrected chi connectivity index (χ2v) is 9.40. The molecule has 0 radical (unpaired) electrons. The highest BCUT2D eigenvalue weighted by atomic mass is 16.6. The van der Waals surface area contributed by atoms with Gasteiger partial charge in [0.1, 0.15) is 0 Å². The Hall–Kier alpha value is -4.26. The number of anilines is 1. The topological polar surface area (TPSA) is 79.6 Å². The molecule has 0 saturated carbocycles. The Bertz CT molecular complexity index is 1410. The van der Waals surface area contributed by atoms with Crippen molar-refractivity contribution in [3.05, 3.63) is 100 Å². The first kappa shape index (κ1) is 23.5. The third-order valence-electron chi connectivity index (χ3n) is 6.81. The molecule has 0 atom stereocenters.